The maximum atomic E-state index is 12.4. The first-order valence-electron chi connectivity index (χ1n) is 9.66. The zero-order valence-corrected chi connectivity index (χ0v) is 17.6. The second kappa shape index (κ2) is 8.82. The van der Waals surface area contributed by atoms with Crippen LogP contribution in [0.15, 0.2) is 60.8 Å². The summed E-state index contributed by atoms with van der Waals surface area (Å²) in [5.41, 5.74) is 2.88. The van der Waals surface area contributed by atoms with Crippen LogP contribution in [0.2, 0.25) is 0 Å². The largest absolute Gasteiger partial charge is 0.471 e. The van der Waals surface area contributed by atoms with E-state index in [4.69, 9.17) is 4.74 Å². The molecule has 1 heterocycles. The Bertz CT molecular complexity index is 1020. The van der Waals surface area contributed by atoms with Crippen molar-refractivity contribution in [3.63, 3.8) is 0 Å². The van der Waals surface area contributed by atoms with Gasteiger partial charge >= 0.3 is 0 Å². The van der Waals surface area contributed by atoms with Crippen LogP contribution in [0.5, 0.6) is 5.75 Å². The SMILES string of the molecule is CC(=O)Nc1ccc(NC(=O)c2ccn(COc3ccc(C(C)(C)C)cc3)n2)cc1. The third kappa shape index (κ3) is 5.70. The molecular formula is C23H26N4O3. The smallest absolute Gasteiger partial charge is 0.276 e. The molecule has 0 bridgehead atoms. The molecule has 0 radical (unpaired) electrons. The van der Waals surface area contributed by atoms with Gasteiger partial charge in [-0.2, -0.15) is 5.10 Å². The maximum absolute atomic E-state index is 12.4. The molecule has 2 aromatic carbocycles. The van der Waals surface area contributed by atoms with E-state index in [0.29, 0.717) is 11.4 Å². The molecule has 0 saturated carbocycles. The number of hydrogen-bond donors (Lipinski definition) is 2. The molecule has 0 atom stereocenters. The van der Waals surface area contributed by atoms with Gasteiger partial charge in [0, 0.05) is 24.5 Å². The number of nitrogens with one attached hydrogen (secondary N) is 2. The zero-order chi connectivity index (χ0) is 21.7. The summed E-state index contributed by atoms with van der Waals surface area (Å²) < 4.78 is 7.31. The highest BCUT2D eigenvalue weighted by atomic mass is 16.5. The first-order valence-corrected chi connectivity index (χ1v) is 9.66. The van der Waals surface area contributed by atoms with Gasteiger partial charge in [-0.05, 0) is 53.4 Å². The van der Waals surface area contributed by atoms with Crippen molar-refractivity contribution in [1.29, 1.82) is 0 Å². The van der Waals surface area contributed by atoms with Crippen LogP contribution in [0.3, 0.4) is 0 Å². The zero-order valence-electron chi connectivity index (χ0n) is 17.6. The Morgan fingerprint density at radius 1 is 0.933 bits per heavy atom. The number of aromatic nitrogens is 2. The maximum Gasteiger partial charge on any atom is 0.276 e. The van der Waals surface area contributed by atoms with Gasteiger partial charge < -0.3 is 15.4 Å². The molecule has 0 fully saturated rings. The lowest BCUT2D eigenvalue weighted by Crippen LogP contribution is -2.14. The molecule has 3 aromatic rings. The van der Waals surface area contributed by atoms with Crippen molar-refractivity contribution >= 4 is 23.2 Å². The van der Waals surface area contributed by atoms with E-state index in [9.17, 15) is 9.59 Å². The number of nitrogens with zero attached hydrogens (tertiary/aromatic N) is 2. The molecule has 0 aliphatic rings. The summed E-state index contributed by atoms with van der Waals surface area (Å²) in [5.74, 6) is 0.268. The first kappa shape index (κ1) is 21.1. The van der Waals surface area contributed by atoms with Gasteiger partial charge in [-0.25, -0.2) is 4.68 Å². The average molecular weight is 406 g/mol. The van der Waals surface area contributed by atoms with Gasteiger partial charge in [0.05, 0.1) is 0 Å². The lowest BCUT2D eigenvalue weighted by atomic mass is 9.87. The number of benzene rings is 2. The van der Waals surface area contributed by atoms with E-state index in [2.05, 4.69) is 48.6 Å². The van der Waals surface area contributed by atoms with Gasteiger partial charge in [-0.1, -0.05) is 32.9 Å². The fourth-order valence-corrected chi connectivity index (χ4v) is 2.78. The van der Waals surface area contributed by atoms with Crippen molar-refractivity contribution in [2.75, 3.05) is 10.6 Å². The van der Waals surface area contributed by atoms with E-state index in [1.54, 1.807) is 41.2 Å². The molecule has 0 spiro atoms. The number of carbonyl (C=O) groups is 2. The van der Waals surface area contributed by atoms with Gasteiger partial charge in [0.1, 0.15) is 5.75 Å². The average Bonchev–Trinajstić information content (AvgIpc) is 3.16. The first-order chi connectivity index (χ1) is 14.2. The summed E-state index contributed by atoms with van der Waals surface area (Å²) in [5, 5.41) is 9.71. The summed E-state index contributed by atoms with van der Waals surface area (Å²) in [4.78, 5) is 23.5. The third-order valence-electron chi connectivity index (χ3n) is 4.42. The summed E-state index contributed by atoms with van der Waals surface area (Å²) in [7, 11) is 0. The number of rotatable bonds is 6. The van der Waals surface area contributed by atoms with Gasteiger partial charge in [0.15, 0.2) is 12.4 Å². The quantitative estimate of drug-likeness (QED) is 0.634. The Balaban J connectivity index is 1.55. The second-order valence-corrected chi connectivity index (χ2v) is 8.00. The predicted molar refractivity (Wildman–Crippen MR) is 117 cm³/mol. The predicted octanol–water partition coefficient (Wildman–Crippen LogP) is 4.43. The topological polar surface area (TPSA) is 85.2 Å². The molecule has 2 amide bonds. The van der Waals surface area contributed by atoms with Crippen molar-refractivity contribution in [2.45, 2.75) is 39.8 Å². The fraction of sp³-hybridized carbons (Fsp3) is 0.261. The minimum absolute atomic E-state index is 0.0903. The molecule has 7 heteroatoms. The van der Waals surface area contributed by atoms with Gasteiger partial charge in [-0.15, -0.1) is 0 Å². The molecule has 3 rings (SSSR count). The molecule has 0 unspecified atom stereocenters. The van der Waals surface area contributed by atoms with Crippen LogP contribution in [0.25, 0.3) is 0 Å². The van der Waals surface area contributed by atoms with Crippen molar-refractivity contribution in [3.8, 4) is 5.75 Å². The van der Waals surface area contributed by atoms with Gasteiger partial charge in [0.2, 0.25) is 5.91 Å². The fourth-order valence-electron chi connectivity index (χ4n) is 2.78. The van der Waals surface area contributed by atoms with E-state index in [1.165, 1.54) is 12.5 Å². The van der Waals surface area contributed by atoms with Crippen molar-refractivity contribution in [1.82, 2.24) is 9.78 Å². The van der Waals surface area contributed by atoms with Crippen LogP contribution in [0, 0.1) is 0 Å². The number of carbonyl (C=O) groups excluding carboxylic acids is 2. The Hall–Kier alpha value is -3.61. The minimum atomic E-state index is -0.324. The van der Waals surface area contributed by atoms with Crippen LogP contribution in [0.1, 0.15) is 43.7 Å². The van der Waals surface area contributed by atoms with E-state index >= 15 is 0 Å². The number of anilines is 2. The minimum Gasteiger partial charge on any atom is -0.471 e. The normalized spacial score (nSPS) is 11.1. The molecule has 7 nitrogen and oxygen atoms in total. The van der Waals surface area contributed by atoms with Gasteiger partial charge in [-0.3, -0.25) is 9.59 Å². The lowest BCUT2D eigenvalue weighted by Gasteiger charge is -2.19. The summed E-state index contributed by atoms with van der Waals surface area (Å²) in [6, 6.07) is 16.5. The van der Waals surface area contributed by atoms with E-state index < -0.39 is 0 Å². The monoisotopic (exact) mass is 406 g/mol. The van der Waals surface area contributed by atoms with E-state index in [1.807, 2.05) is 12.1 Å². The van der Waals surface area contributed by atoms with Crippen LogP contribution >= 0.6 is 0 Å². The Morgan fingerprint density at radius 3 is 2.10 bits per heavy atom. The molecule has 0 saturated heterocycles. The number of ether oxygens (including phenoxy) is 1. The highest BCUT2D eigenvalue weighted by Crippen LogP contribution is 2.24. The Kier molecular flexibility index (Phi) is 6.20. The van der Waals surface area contributed by atoms with Crippen LogP contribution in [-0.4, -0.2) is 21.6 Å². The molecule has 156 valence electrons. The summed E-state index contributed by atoms with van der Waals surface area (Å²) in [6.45, 7) is 8.13. The van der Waals surface area contributed by atoms with Crippen LogP contribution in [-0.2, 0) is 16.9 Å². The molecule has 1 aromatic heterocycles. The summed E-state index contributed by atoms with van der Waals surface area (Å²) in [6.07, 6.45) is 1.69. The highest BCUT2D eigenvalue weighted by molar-refractivity contribution is 6.03. The standard InChI is InChI=1S/C23H26N4O3/c1-16(28)24-18-7-9-19(10-8-18)25-22(29)21-13-14-27(26-21)15-30-20-11-5-17(6-12-20)23(2,3)4/h5-14H,15H2,1-4H3,(H,24,28)(H,25,29). The lowest BCUT2D eigenvalue weighted by molar-refractivity contribution is -0.114. The van der Waals surface area contributed by atoms with Crippen LogP contribution < -0.4 is 15.4 Å². The molecule has 0 aliphatic heterocycles. The van der Waals surface area contributed by atoms with Gasteiger partial charge in [0.25, 0.3) is 5.91 Å². The molecule has 30 heavy (non-hydrogen) atoms. The second-order valence-electron chi connectivity index (χ2n) is 8.00. The summed E-state index contributed by atoms with van der Waals surface area (Å²) >= 11 is 0. The van der Waals surface area contributed by atoms with E-state index in [0.717, 1.165) is 5.75 Å². The Labute approximate surface area is 176 Å². The third-order valence-corrected chi connectivity index (χ3v) is 4.42. The van der Waals surface area contributed by atoms with E-state index in [-0.39, 0.29) is 29.7 Å². The highest BCUT2D eigenvalue weighted by Gasteiger charge is 2.13. The molecule has 2 N–H and O–H groups in total. The molecule has 0 aliphatic carbocycles. The van der Waals surface area contributed by atoms with Crippen molar-refractivity contribution in [2.24, 2.45) is 0 Å². The molecular weight excluding hydrogens is 380 g/mol. The van der Waals surface area contributed by atoms with Crippen molar-refractivity contribution < 1.29 is 14.3 Å². The Morgan fingerprint density at radius 2 is 1.53 bits per heavy atom. The number of amides is 2. The van der Waals surface area contributed by atoms with Crippen molar-refractivity contribution in [3.05, 3.63) is 72.1 Å². The number of hydrogen-bond acceptors (Lipinski definition) is 4. The van der Waals surface area contributed by atoms with Crippen LogP contribution in [0.4, 0.5) is 11.4 Å².